The molecule has 4 aromatic rings. The van der Waals surface area contributed by atoms with Crippen molar-refractivity contribution in [2.45, 2.75) is 32.5 Å². The van der Waals surface area contributed by atoms with Crippen molar-refractivity contribution in [3.63, 3.8) is 0 Å². The van der Waals surface area contributed by atoms with E-state index in [0.29, 0.717) is 37.4 Å². The lowest BCUT2D eigenvalue weighted by Gasteiger charge is -2.28. The van der Waals surface area contributed by atoms with Gasteiger partial charge in [-0.15, -0.1) is 0 Å². The van der Waals surface area contributed by atoms with Gasteiger partial charge in [0.2, 0.25) is 12.1 Å². The number of aromatic amines is 1. The molecule has 1 aromatic heterocycles. The van der Waals surface area contributed by atoms with Gasteiger partial charge in [-0.25, -0.2) is 4.57 Å². The molecule has 0 aliphatic carbocycles. The zero-order valence-electron chi connectivity index (χ0n) is 23.5. The number of benzene rings is 3. The van der Waals surface area contributed by atoms with Gasteiger partial charge in [0, 0.05) is 38.3 Å². The lowest BCUT2D eigenvalue weighted by molar-refractivity contribution is -0.695. The highest BCUT2D eigenvalue weighted by Gasteiger charge is 2.43. The number of amides is 1. The fraction of sp³-hybridized carbons (Fsp3) is 0.242. The Bertz CT molecular complexity index is 1540. The van der Waals surface area contributed by atoms with Gasteiger partial charge in [-0.3, -0.25) is 14.6 Å². The number of likely N-dealkylation sites (tertiary alicyclic amines) is 1. The number of ether oxygens (including phenoxy) is 1. The van der Waals surface area contributed by atoms with E-state index in [1.165, 1.54) is 4.90 Å². The molecule has 0 bridgehead atoms. The maximum absolute atomic E-state index is 13.8. The predicted octanol–water partition coefficient (Wildman–Crippen LogP) is 3.57. The van der Waals surface area contributed by atoms with Gasteiger partial charge < -0.3 is 19.6 Å². The average molecular weight is 551 g/mol. The molecule has 1 fully saturated rings. The van der Waals surface area contributed by atoms with Crippen LogP contribution in [0.25, 0.3) is 5.76 Å². The molecule has 1 unspecified atom stereocenters. The third-order valence-corrected chi connectivity index (χ3v) is 7.28. The smallest absolute Gasteiger partial charge is 0.295 e. The summed E-state index contributed by atoms with van der Waals surface area (Å²) in [4.78, 5) is 33.1. The lowest BCUT2D eigenvalue weighted by Crippen LogP contribution is -2.36. The molecule has 1 saturated heterocycles. The van der Waals surface area contributed by atoms with Crippen molar-refractivity contribution in [2.24, 2.45) is 0 Å². The Balaban J connectivity index is 1.42. The fourth-order valence-electron chi connectivity index (χ4n) is 5.11. The number of aromatic nitrogens is 2. The highest BCUT2D eigenvalue weighted by molar-refractivity contribution is 6.46. The normalized spacial score (nSPS) is 16.3. The molecule has 2 heterocycles. The zero-order valence-corrected chi connectivity index (χ0v) is 23.5. The number of Topliss-reactive ketones (excluding diaryl/α,β-unsaturated/α-hetero) is 1. The second kappa shape index (κ2) is 12.1. The van der Waals surface area contributed by atoms with E-state index in [1.807, 2.05) is 91.7 Å². The van der Waals surface area contributed by atoms with E-state index in [1.54, 1.807) is 24.3 Å². The molecule has 1 aliphatic rings. The van der Waals surface area contributed by atoms with Gasteiger partial charge in [0.25, 0.3) is 5.91 Å². The van der Waals surface area contributed by atoms with Crippen molar-refractivity contribution >= 4 is 23.1 Å². The Hall–Kier alpha value is -4.85. The van der Waals surface area contributed by atoms with Crippen LogP contribution in [0.1, 0.15) is 34.7 Å². The number of nitrogens with one attached hydrogen (secondary N) is 1. The summed E-state index contributed by atoms with van der Waals surface area (Å²) in [6, 6.07) is 21.7. The summed E-state index contributed by atoms with van der Waals surface area (Å²) >= 11 is 0. The third-order valence-electron chi connectivity index (χ3n) is 7.28. The second-order valence-corrected chi connectivity index (χ2v) is 10.5. The van der Waals surface area contributed by atoms with Crippen molar-refractivity contribution in [3.05, 3.63) is 119 Å². The monoisotopic (exact) mass is 550 g/mol. The molecule has 41 heavy (non-hydrogen) atoms. The number of nitrogens with zero attached hydrogens (tertiary/aromatic N) is 3. The molecule has 8 nitrogen and oxygen atoms in total. The first-order chi connectivity index (χ1) is 19.8. The van der Waals surface area contributed by atoms with Crippen LogP contribution in [0.4, 0.5) is 5.69 Å². The first-order valence-electron chi connectivity index (χ1n) is 13.7. The van der Waals surface area contributed by atoms with Crippen molar-refractivity contribution in [1.29, 1.82) is 0 Å². The molecule has 0 saturated carbocycles. The Morgan fingerprint density at radius 1 is 1.05 bits per heavy atom. The molecule has 8 heteroatoms. The van der Waals surface area contributed by atoms with E-state index in [4.69, 9.17) is 4.74 Å². The molecule has 0 spiro atoms. The molecule has 5 rings (SSSR count). The van der Waals surface area contributed by atoms with E-state index >= 15 is 0 Å². The summed E-state index contributed by atoms with van der Waals surface area (Å²) in [7, 11) is 3.88. The zero-order chi connectivity index (χ0) is 28.9. The molecule has 1 aliphatic heterocycles. The van der Waals surface area contributed by atoms with Gasteiger partial charge in [-0.05, 0) is 47.9 Å². The molecular formula is C33H34N4O4. The molecule has 1 atom stereocenters. The summed E-state index contributed by atoms with van der Waals surface area (Å²) < 4.78 is 7.88. The highest BCUT2D eigenvalue weighted by Crippen LogP contribution is 2.39. The van der Waals surface area contributed by atoms with Crippen LogP contribution in [0, 0.1) is 6.92 Å². The molecule has 3 aromatic carbocycles. The number of carbonyl (C=O) groups is 2. The Kier molecular flexibility index (Phi) is 8.19. The minimum absolute atomic E-state index is 0.0182. The summed E-state index contributed by atoms with van der Waals surface area (Å²) in [6.45, 7) is 3.44. The number of aryl methyl sites for hydroxylation is 2. The van der Waals surface area contributed by atoms with E-state index in [2.05, 4.69) is 11.1 Å². The van der Waals surface area contributed by atoms with Gasteiger partial charge >= 0.3 is 0 Å². The molecule has 0 radical (unpaired) electrons. The van der Waals surface area contributed by atoms with Crippen molar-refractivity contribution in [1.82, 2.24) is 9.88 Å². The fourth-order valence-corrected chi connectivity index (χ4v) is 5.11. The van der Waals surface area contributed by atoms with Gasteiger partial charge in [0.05, 0.1) is 12.6 Å². The van der Waals surface area contributed by atoms with Gasteiger partial charge in [0.1, 0.15) is 24.8 Å². The molecule has 1 amide bonds. The summed E-state index contributed by atoms with van der Waals surface area (Å²) in [5.41, 5.74) is 4.23. The topological polar surface area (TPSA) is 92.6 Å². The standard InChI is InChI=1S/C33H34N4O4/c1-23-6-4-7-24(20-23)21-41-28-14-10-26(11-15-28)31(38)29-30(25-8-12-27(13-9-25)35(2)3)37(33(40)32(29)39)18-5-17-36-19-16-34-22-36/h4,6-16,19-20,22,30H,5,17-18,21H2,1-3H3,(H,38,39). The van der Waals surface area contributed by atoms with Crippen LogP contribution < -0.4 is 19.3 Å². The van der Waals surface area contributed by atoms with Crippen LogP contribution in [-0.4, -0.2) is 42.2 Å². The maximum atomic E-state index is 13.8. The number of imidazole rings is 1. The molecular weight excluding hydrogens is 516 g/mol. The van der Waals surface area contributed by atoms with Crippen LogP contribution in [0.5, 0.6) is 5.75 Å². The average Bonchev–Trinajstić information content (AvgIpc) is 3.58. The summed E-state index contributed by atoms with van der Waals surface area (Å²) in [5, 5.41) is 13.8. The summed E-state index contributed by atoms with van der Waals surface area (Å²) in [6.07, 6.45) is 6.19. The number of H-pyrrole nitrogens is 1. The molecule has 210 valence electrons. The first kappa shape index (κ1) is 27.7. The minimum Gasteiger partial charge on any atom is -0.872 e. The second-order valence-electron chi connectivity index (χ2n) is 10.5. The van der Waals surface area contributed by atoms with Crippen LogP contribution in [0.2, 0.25) is 0 Å². The largest absolute Gasteiger partial charge is 0.872 e. The highest BCUT2D eigenvalue weighted by atomic mass is 16.5. The lowest BCUT2D eigenvalue weighted by atomic mass is 9.95. The van der Waals surface area contributed by atoms with E-state index in [-0.39, 0.29) is 5.57 Å². The number of rotatable bonds is 10. The molecule has 1 N–H and O–H groups in total. The number of ketones is 1. The van der Waals surface area contributed by atoms with Gasteiger partial charge in [-0.2, -0.15) is 0 Å². The van der Waals surface area contributed by atoms with Crippen LogP contribution in [0.3, 0.4) is 0 Å². The summed E-state index contributed by atoms with van der Waals surface area (Å²) in [5.74, 6) is -1.22. The van der Waals surface area contributed by atoms with E-state index in [9.17, 15) is 14.7 Å². The minimum atomic E-state index is -0.757. The number of anilines is 1. The first-order valence-corrected chi connectivity index (χ1v) is 13.7. The SMILES string of the molecule is Cc1cccc(COc2ccc(C([O-])=C3C(=O)C(=O)N(CCC[n+]4cc[nH]c4)C3c3ccc(N(C)C)cc3)cc2)c1. The van der Waals surface area contributed by atoms with Crippen LogP contribution in [0.15, 0.2) is 97.1 Å². The quantitative estimate of drug-likeness (QED) is 0.141. The Labute approximate surface area is 240 Å². The van der Waals surface area contributed by atoms with Crippen molar-refractivity contribution in [2.75, 3.05) is 25.5 Å². The van der Waals surface area contributed by atoms with Crippen LogP contribution in [-0.2, 0) is 22.7 Å². The van der Waals surface area contributed by atoms with Gasteiger partial charge in [0.15, 0.2) is 0 Å². The Morgan fingerprint density at radius 3 is 2.46 bits per heavy atom. The van der Waals surface area contributed by atoms with Crippen LogP contribution >= 0.6 is 0 Å². The number of carbonyl (C=O) groups excluding carboxylic acids is 2. The van der Waals surface area contributed by atoms with E-state index < -0.39 is 23.5 Å². The maximum Gasteiger partial charge on any atom is 0.295 e. The van der Waals surface area contributed by atoms with E-state index in [0.717, 1.165) is 22.4 Å². The van der Waals surface area contributed by atoms with Gasteiger partial charge in [-0.1, -0.05) is 59.9 Å². The third kappa shape index (κ3) is 6.17. The predicted molar refractivity (Wildman–Crippen MR) is 155 cm³/mol. The number of hydrogen-bond acceptors (Lipinski definition) is 5. The van der Waals surface area contributed by atoms with Crippen molar-refractivity contribution in [3.8, 4) is 5.75 Å². The van der Waals surface area contributed by atoms with Crippen molar-refractivity contribution < 1.29 is 24.0 Å². The number of hydrogen-bond donors (Lipinski definition) is 1. The Morgan fingerprint density at radius 2 is 1.80 bits per heavy atom.